The lowest BCUT2D eigenvalue weighted by Crippen LogP contribution is -2.26. The first-order chi connectivity index (χ1) is 13.8. The van der Waals surface area contributed by atoms with E-state index in [1.54, 1.807) is 0 Å². The third kappa shape index (κ3) is 2.96. The molecular weight excluding hydrogens is 350 g/mol. The molecule has 1 fully saturated rings. The molecule has 1 aliphatic heterocycles. The highest BCUT2D eigenvalue weighted by molar-refractivity contribution is 5.88. The summed E-state index contributed by atoms with van der Waals surface area (Å²) >= 11 is 0. The summed E-state index contributed by atoms with van der Waals surface area (Å²) in [5.74, 6) is 2.19. The fourth-order valence-electron chi connectivity index (χ4n) is 4.34. The topological polar surface area (TPSA) is 63.1 Å². The van der Waals surface area contributed by atoms with Crippen LogP contribution in [0, 0.1) is 0 Å². The highest BCUT2D eigenvalue weighted by Gasteiger charge is 2.25. The summed E-state index contributed by atoms with van der Waals surface area (Å²) in [6, 6.07) is 12.2. The number of benzene rings is 2. The van der Waals surface area contributed by atoms with Gasteiger partial charge in [0, 0.05) is 23.1 Å². The Bertz CT molecular complexity index is 1110. The van der Waals surface area contributed by atoms with Crippen LogP contribution < -0.4 is 10.1 Å². The van der Waals surface area contributed by atoms with E-state index >= 15 is 0 Å². The average molecular weight is 375 g/mol. The van der Waals surface area contributed by atoms with Crippen LogP contribution in [0.4, 0.5) is 0 Å². The zero-order valence-electron chi connectivity index (χ0n) is 16.1. The van der Waals surface area contributed by atoms with Crippen LogP contribution in [0.5, 0.6) is 11.5 Å². The van der Waals surface area contributed by atoms with Gasteiger partial charge in [-0.25, -0.2) is 0 Å². The summed E-state index contributed by atoms with van der Waals surface area (Å²) in [6.07, 6.45) is 6.12. The van der Waals surface area contributed by atoms with E-state index in [2.05, 4.69) is 34.5 Å². The SMILES string of the molecule is CCCc1c(Oc2cccc3cc[nH]c23)ccc2onc(C3CCNCC3)c12. The highest BCUT2D eigenvalue weighted by Crippen LogP contribution is 2.39. The first kappa shape index (κ1) is 17.3. The molecule has 1 saturated heterocycles. The molecule has 2 N–H and O–H groups in total. The Balaban J connectivity index is 1.62. The molecule has 4 aromatic rings. The molecule has 5 rings (SSSR count). The molecule has 0 spiro atoms. The Kier molecular flexibility index (Phi) is 4.53. The van der Waals surface area contributed by atoms with Crippen molar-refractivity contribution in [2.24, 2.45) is 0 Å². The minimum atomic E-state index is 0.445. The fraction of sp³-hybridized carbons (Fsp3) is 0.348. The van der Waals surface area contributed by atoms with Crippen molar-refractivity contribution in [2.75, 3.05) is 13.1 Å². The number of hydrogen-bond acceptors (Lipinski definition) is 4. The smallest absolute Gasteiger partial charge is 0.167 e. The summed E-state index contributed by atoms with van der Waals surface area (Å²) in [7, 11) is 0. The van der Waals surface area contributed by atoms with Crippen LogP contribution in [-0.2, 0) is 6.42 Å². The molecule has 0 radical (unpaired) electrons. The van der Waals surface area contributed by atoms with Crippen molar-refractivity contribution in [1.82, 2.24) is 15.5 Å². The van der Waals surface area contributed by atoms with Gasteiger partial charge in [0.2, 0.25) is 0 Å². The molecule has 144 valence electrons. The zero-order chi connectivity index (χ0) is 18.9. The molecule has 5 heteroatoms. The Hall–Kier alpha value is -2.79. The lowest BCUT2D eigenvalue weighted by Gasteiger charge is -2.21. The van der Waals surface area contributed by atoms with Gasteiger partial charge in [0.1, 0.15) is 5.75 Å². The molecule has 2 aromatic carbocycles. The molecule has 0 aliphatic carbocycles. The Labute approximate surface area is 164 Å². The summed E-state index contributed by atoms with van der Waals surface area (Å²) < 4.78 is 12.2. The number of nitrogens with zero attached hydrogens (tertiary/aromatic N) is 1. The third-order valence-electron chi connectivity index (χ3n) is 5.72. The third-order valence-corrected chi connectivity index (χ3v) is 5.72. The van der Waals surface area contributed by atoms with E-state index in [1.807, 2.05) is 30.5 Å². The van der Waals surface area contributed by atoms with Crippen LogP contribution in [-0.4, -0.2) is 23.2 Å². The van der Waals surface area contributed by atoms with Crippen molar-refractivity contribution in [3.63, 3.8) is 0 Å². The van der Waals surface area contributed by atoms with Crippen molar-refractivity contribution in [3.05, 3.63) is 53.9 Å². The van der Waals surface area contributed by atoms with Crippen LogP contribution >= 0.6 is 0 Å². The van der Waals surface area contributed by atoms with Gasteiger partial charge in [0.15, 0.2) is 11.3 Å². The van der Waals surface area contributed by atoms with Crippen molar-refractivity contribution in [1.29, 1.82) is 0 Å². The molecule has 1 aliphatic rings. The van der Waals surface area contributed by atoms with E-state index in [0.29, 0.717) is 5.92 Å². The lowest BCUT2D eigenvalue weighted by atomic mass is 9.90. The van der Waals surface area contributed by atoms with Crippen molar-refractivity contribution < 1.29 is 9.26 Å². The highest BCUT2D eigenvalue weighted by atomic mass is 16.5. The number of fused-ring (bicyclic) bond motifs is 2. The number of aromatic amines is 1. The van der Waals surface area contributed by atoms with Gasteiger partial charge in [-0.1, -0.05) is 30.6 Å². The van der Waals surface area contributed by atoms with Crippen molar-refractivity contribution >= 4 is 21.9 Å². The molecule has 0 unspecified atom stereocenters. The van der Waals surface area contributed by atoms with E-state index < -0.39 is 0 Å². The maximum absolute atomic E-state index is 6.44. The van der Waals surface area contributed by atoms with E-state index in [1.165, 1.54) is 5.56 Å². The Morgan fingerprint density at radius 1 is 1.11 bits per heavy atom. The number of nitrogens with one attached hydrogen (secondary N) is 2. The summed E-state index contributed by atoms with van der Waals surface area (Å²) in [4.78, 5) is 3.29. The number of H-pyrrole nitrogens is 1. The van der Waals surface area contributed by atoms with Gasteiger partial charge < -0.3 is 19.6 Å². The first-order valence-electron chi connectivity index (χ1n) is 10.2. The summed E-state index contributed by atoms with van der Waals surface area (Å²) in [5, 5.41) is 10.2. The Morgan fingerprint density at radius 2 is 2.00 bits per heavy atom. The monoisotopic (exact) mass is 375 g/mol. The summed E-state index contributed by atoms with van der Waals surface area (Å²) in [6.45, 7) is 4.27. The van der Waals surface area contributed by atoms with Gasteiger partial charge >= 0.3 is 0 Å². The average Bonchev–Trinajstić information content (AvgIpc) is 3.38. The predicted octanol–water partition coefficient (Wildman–Crippen LogP) is 5.52. The molecule has 28 heavy (non-hydrogen) atoms. The van der Waals surface area contributed by atoms with Crippen LogP contribution in [0.25, 0.3) is 21.9 Å². The van der Waals surface area contributed by atoms with E-state index in [0.717, 1.165) is 77.8 Å². The molecule has 0 amide bonds. The van der Waals surface area contributed by atoms with Crippen LogP contribution in [0.3, 0.4) is 0 Å². The number of aryl methyl sites for hydroxylation is 1. The number of para-hydroxylation sites is 1. The summed E-state index contributed by atoms with van der Waals surface area (Å²) in [5.41, 5.74) is 4.19. The van der Waals surface area contributed by atoms with Crippen LogP contribution in [0.1, 0.15) is 43.4 Å². The molecular formula is C23H25N3O2. The van der Waals surface area contributed by atoms with Crippen LogP contribution in [0.2, 0.25) is 0 Å². The van der Waals surface area contributed by atoms with E-state index in [9.17, 15) is 0 Å². The number of piperidine rings is 1. The van der Waals surface area contributed by atoms with Gasteiger partial charge in [0.25, 0.3) is 0 Å². The van der Waals surface area contributed by atoms with Gasteiger partial charge in [-0.05, 0) is 56.6 Å². The number of ether oxygens (including phenoxy) is 1. The standard InChI is InChI=1S/C23H25N3O2/c1-2-4-17-18(27-20-6-3-5-15-11-14-25-22(15)20)7-8-19-21(17)23(26-28-19)16-9-12-24-13-10-16/h3,5-8,11,14,16,24-25H,2,4,9-10,12-13H2,1H3. The maximum atomic E-state index is 6.44. The molecule has 0 atom stereocenters. The van der Waals surface area contributed by atoms with Gasteiger partial charge in [-0.15, -0.1) is 0 Å². The van der Waals surface area contributed by atoms with Gasteiger partial charge in [0.05, 0.1) is 16.6 Å². The fourth-order valence-corrected chi connectivity index (χ4v) is 4.34. The molecule has 2 aromatic heterocycles. The zero-order valence-corrected chi connectivity index (χ0v) is 16.1. The molecule has 5 nitrogen and oxygen atoms in total. The minimum Gasteiger partial charge on any atom is -0.455 e. The van der Waals surface area contributed by atoms with Gasteiger partial charge in [-0.3, -0.25) is 0 Å². The maximum Gasteiger partial charge on any atom is 0.167 e. The molecule has 3 heterocycles. The second-order valence-electron chi connectivity index (χ2n) is 7.56. The van der Waals surface area contributed by atoms with Crippen molar-refractivity contribution in [3.8, 4) is 11.5 Å². The second kappa shape index (κ2) is 7.32. The molecule has 0 bridgehead atoms. The predicted molar refractivity (Wildman–Crippen MR) is 111 cm³/mol. The quantitative estimate of drug-likeness (QED) is 0.482. The van der Waals surface area contributed by atoms with E-state index in [-0.39, 0.29) is 0 Å². The van der Waals surface area contributed by atoms with Gasteiger partial charge in [-0.2, -0.15) is 0 Å². The lowest BCUT2D eigenvalue weighted by molar-refractivity contribution is 0.404. The Morgan fingerprint density at radius 3 is 2.86 bits per heavy atom. The minimum absolute atomic E-state index is 0.445. The van der Waals surface area contributed by atoms with E-state index in [4.69, 9.17) is 9.26 Å². The largest absolute Gasteiger partial charge is 0.455 e. The normalized spacial score (nSPS) is 15.5. The first-order valence-corrected chi connectivity index (χ1v) is 10.2. The molecule has 0 saturated carbocycles. The number of hydrogen-bond donors (Lipinski definition) is 2. The van der Waals surface area contributed by atoms with Crippen LogP contribution in [0.15, 0.2) is 47.1 Å². The van der Waals surface area contributed by atoms with Crippen molar-refractivity contribution in [2.45, 2.75) is 38.5 Å². The number of rotatable bonds is 5. The second-order valence-corrected chi connectivity index (χ2v) is 7.56. The number of aromatic nitrogens is 2.